The number of aryl methyl sites for hydroxylation is 1. The number of nitrogens with zero attached hydrogens (tertiary/aromatic N) is 5. The molecule has 9 heteroatoms. The molecule has 1 saturated heterocycles. The van der Waals surface area contributed by atoms with Crippen LogP contribution in [-0.4, -0.2) is 68.7 Å². The number of carbonyl (C=O) groups is 2. The van der Waals surface area contributed by atoms with Gasteiger partial charge in [0.25, 0.3) is 0 Å². The molecule has 1 N–H and O–H groups in total. The van der Waals surface area contributed by atoms with E-state index in [1.807, 2.05) is 35.0 Å². The van der Waals surface area contributed by atoms with E-state index in [9.17, 15) is 14.7 Å². The van der Waals surface area contributed by atoms with Gasteiger partial charge in [0.05, 0.1) is 37.3 Å². The van der Waals surface area contributed by atoms with Crippen LogP contribution >= 0.6 is 0 Å². The third-order valence-electron chi connectivity index (χ3n) is 7.75. The lowest BCUT2D eigenvalue weighted by atomic mass is 9.83. The minimum Gasteiger partial charge on any atom is -0.493 e. The predicted octanol–water partition coefficient (Wildman–Crippen LogP) is 3.61. The highest BCUT2D eigenvalue weighted by Gasteiger charge is 2.47. The molecule has 1 amide bonds. The standard InChI is InChI=1S/C29H35N5O4/c1-2-3-12-34(23-5-4-10-30-17-23)27(35)19-33-18-24(21-6-7-26-22(16-21)9-15-38-26)28(29(36)37)25(33)8-13-32-14-11-31-20-32/h4-7,10-11,14,16-17,20,24-25,28H,2-3,8-9,12-13,15,18-19H2,1H3,(H,36,37)/t24-,25+,28?/m1/s1. The first-order valence-corrected chi connectivity index (χ1v) is 13.4. The Bertz CT molecular complexity index is 1230. The van der Waals surface area contributed by atoms with Crippen LogP contribution in [-0.2, 0) is 22.6 Å². The van der Waals surface area contributed by atoms with Crippen LogP contribution in [0.1, 0.15) is 43.2 Å². The molecule has 38 heavy (non-hydrogen) atoms. The van der Waals surface area contributed by atoms with Crippen LogP contribution in [0.15, 0.2) is 61.4 Å². The highest BCUT2D eigenvalue weighted by atomic mass is 16.5. The van der Waals surface area contributed by atoms with E-state index in [4.69, 9.17) is 4.74 Å². The molecule has 3 atom stereocenters. The quantitative estimate of drug-likeness (QED) is 0.415. The lowest BCUT2D eigenvalue weighted by molar-refractivity contribution is -0.143. The van der Waals surface area contributed by atoms with Crippen LogP contribution < -0.4 is 9.64 Å². The van der Waals surface area contributed by atoms with Crippen molar-refractivity contribution >= 4 is 17.6 Å². The number of rotatable bonds is 11. The van der Waals surface area contributed by atoms with Gasteiger partial charge in [0, 0.05) is 56.6 Å². The Labute approximate surface area is 223 Å². The number of hydrogen-bond donors (Lipinski definition) is 1. The normalized spacial score (nSPS) is 20.7. The zero-order chi connectivity index (χ0) is 26.5. The fraction of sp³-hybridized carbons (Fsp3) is 0.448. The number of aromatic nitrogens is 3. The van der Waals surface area contributed by atoms with Crippen LogP contribution in [0.2, 0.25) is 0 Å². The van der Waals surface area contributed by atoms with Gasteiger partial charge in [0.15, 0.2) is 0 Å². The van der Waals surface area contributed by atoms with Gasteiger partial charge in [-0.3, -0.25) is 19.5 Å². The lowest BCUT2D eigenvalue weighted by Crippen LogP contribution is -2.45. The molecule has 0 bridgehead atoms. The van der Waals surface area contributed by atoms with Gasteiger partial charge < -0.3 is 19.3 Å². The number of likely N-dealkylation sites (tertiary alicyclic amines) is 1. The second-order valence-corrected chi connectivity index (χ2v) is 10.1. The van der Waals surface area contributed by atoms with E-state index in [1.54, 1.807) is 29.8 Å². The number of carbonyl (C=O) groups excluding carboxylic acids is 1. The Morgan fingerprint density at radius 3 is 2.84 bits per heavy atom. The van der Waals surface area contributed by atoms with Crippen molar-refractivity contribution in [2.75, 3.05) is 31.1 Å². The number of carboxylic acids is 1. The molecular formula is C29H35N5O4. The van der Waals surface area contributed by atoms with Crippen molar-refractivity contribution in [2.24, 2.45) is 5.92 Å². The minimum atomic E-state index is -0.826. The summed E-state index contributed by atoms with van der Waals surface area (Å²) < 4.78 is 7.64. The van der Waals surface area contributed by atoms with Crippen LogP contribution in [0.4, 0.5) is 5.69 Å². The molecule has 0 saturated carbocycles. The second kappa shape index (κ2) is 11.8. The maximum atomic E-state index is 13.7. The van der Waals surface area contributed by atoms with E-state index in [2.05, 4.69) is 27.9 Å². The molecule has 0 radical (unpaired) electrons. The first-order chi connectivity index (χ1) is 18.5. The van der Waals surface area contributed by atoms with Gasteiger partial charge in [0.2, 0.25) is 5.91 Å². The molecule has 9 nitrogen and oxygen atoms in total. The molecule has 2 aliphatic heterocycles. The summed E-state index contributed by atoms with van der Waals surface area (Å²) in [6, 6.07) is 9.49. The maximum Gasteiger partial charge on any atom is 0.308 e. The number of unbranched alkanes of at least 4 members (excludes halogenated alkanes) is 1. The SMILES string of the molecule is CCCCN(C(=O)CN1C[C@H](c2ccc3c(c2)CCO3)C(C(=O)O)[C@@H]1CCn1ccnc1)c1cccnc1. The van der Waals surface area contributed by atoms with Crippen LogP contribution in [0.5, 0.6) is 5.75 Å². The van der Waals surface area contributed by atoms with Crippen molar-refractivity contribution in [1.29, 1.82) is 0 Å². The fourth-order valence-corrected chi connectivity index (χ4v) is 5.81. The molecular weight excluding hydrogens is 482 g/mol. The average molecular weight is 518 g/mol. The zero-order valence-corrected chi connectivity index (χ0v) is 21.8. The molecule has 1 aromatic carbocycles. The van der Waals surface area contributed by atoms with Gasteiger partial charge >= 0.3 is 5.97 Å². The summed E-state index contributed by atoms with van der Waals surface area (Å²) in [6.45, 7) is 4.65. The monoisotopic (exact) mass is 517 g/mol. The molecule has 2 aliphatic rings. The van der Waals surface area contributed by atoms with Crippen LogP contribution in [0.3, 0.4) is 0 Å². The van der Waals surface area contributed by atoms with Gasteiger partial charge in [-0.2, -0.15) is 0 Å². The van der Waals surface area contributed by atoms with E-state index in [-0.39, 0.29) is 24.4 Å². The summed E-state index contributed by atoms with van der Waals surface area (Å²) in [6.07, 6.45) is 12.0. The molecule has 1 unspecified atom stereocenters. The molecule has 3 aromatic rings. The maximum absolute atomic E-state index is 13.7. The van der Waals surface area contributed by atoms with Gasteiger partial charge in [-0.05, 0) is 42.2 Å². The number of hydrogen-bond acceptors (Lipinski definition) is 6. The number of imidazole rings is 1. The van der Waals surface area contributed by atoms with E-state index in [0.29, 0.717) is 32.7 Å². The summed E-state index contributed by atoms with van der Waals surface area (Å²) in [4.78, 5) is 38.7. The largest absolute Gasteiger partial charge is 0.493 e. The van der Waals surface area contributed by atoms with E-state index >= 15 is 0 Å². The van der Waals surface area contributed by atoms with Gasteiger partial charge in [-0.15, -0.1) is 0 Å². The highest BCUT2D eigenvalue weighted by Crippen LogP contribution is 2.41. The number of pyridine rings is 1. The summed E-state index contributed by atoms with van der Waals surface area (Å²) in [5, 5.41) is 10.4. The van der Waals surface area contributed by atoms with Gasteiger partial charge in [0.1, 0.15) is 5.75 Å². The number of anilines is 1. The third kappa shape index (κ3) is 5.57. The summed E-state index contributed by atoms with van der Waals surface area (Å²) in [7, 11) is 0. The Kier molecular flexibility index (Phi) is 8.03. The number of ether oxygens (including phenoxy) is 1. The smallest absolute Gasteiger partial charge is 0.308 e. The van der Waals surface area contributed by atoms with E-state index in [0.717, 1.165) is 41.8 Å². The molecule has 4 heterocycles. The zero-order valence-electron chi connectivity index (χ0n) is 21.8. The molecule has 200 valence electrons. The number of aliphatic carboxylic acids is 1. The number of amides is 1. The Hall–Kier alpha value is -3.72. The highest BCUT2D eigenvalue weighted by molar-refractivity contribution is 5.94. The van der Waals surface area contributed by atoms with E-state index in [1.165, 1.54) is 0 Å². The number of fused-ring (bicyclic) bond motifs is 1. The summed E-state index contributed by atoms with van der Waals surface area (Å²) in [5.74, 6) is -0.834. The molecule has 2 aromatic heterocycles. The first-order valence-electron chi connectivity index (χ1n) is 13.4. The molecule has 0 spiro atoms. The average Bonchev–Trinajstić information content (AvgIpc) is 3.68. The van der Waals surface area contributed by atoms with Crippen molar-refractivity contribution in [3.8, 4) is 5.75 Å². The van der Waals surface area contributed by atoms with Crippen LogP contribution in [0.25, 0.3) is 0 Å². The summed E-state index contributed by atoms with van der Waals surface area (Å²) in [5.41, 5.74) is 2.89. The summed E-state index contributed by atoms with van der Waals surface area (Å²) >= 11 is 0. The van der Waals surface area contributed by atoms with Gasteiger partial charge in [-0.25, -0.2) is 4.98 Å². The minimum absolute atomic E-state index is 0.0359. The first kappa shape index (κ1) is 25.9. The lowest BCUT2D eigenvalue weighted by Gasteiger charge is -2.29. The van der Waals surface area contributed by atoms with Crippen LogP contribution in [0, 0.1) is 5.92 Å². The van der Waals surface area contributed by atoms with Crippen molar-refractivity contribution < 1.29 is 19.4 Å². The van der Waals surface area contributed by atoms with Crippen molar-refractivity contribution in [3.05, 3.63) is 72.6 Å². The number of benzene rings is 1. The fourth-order valence-electron chi connectivity index (χ4n) is 5.81. The topological polar surface area (TPSA) is 101 Å². The second-order valence-electron chi connectivity index (χ2n) is 10.1. The predicted molar refractivity (Wildman–Crippen MR) is 143 cm³/mol. The molecule has 5 rings (SSSR count). The Morgan fingerprint density at radius 2 is 2.11 bits per heavy atom. The molecule has 1 fully saturated rings. The number of carboxylic acid groups (broad SMARTS) is 1. The van der Waals surface area contributed by atoms with E-state index < -0.39 is 11.9 Å². The van der Waals surface area contributed by atoms with Gasteiger partial charge in [-0.1, -0.05) is 25.5 Å². The third-order valence-corrected chi connectivity index (χ3v) is 7.75. The Morgan fingerprint density at radius 1 is 1.21 bits per heavy atom. The Balaban J connectivity index is 1.43. The van der Waals surface area contributed by atoms with Crippen molar-refractivity contribution in [3.63, 3.8) is 0 Å². The van der Waals surface area contributed by atoms with Crippen molar-refractivity contribution in [1.82, 2.24) is 19.4 Å². The molecule has 0 aliphatic carbocycles. The van der Waals surface area contributed by atoms with Crippen molar-refractivity contribution in [2.45, 2.75) is 51.1 Å².